The number of hydrogen-bond donors (Lipinski definition) is 1. The van der Waals surface area contributed by atoms with Crippen molar-refractivity contribution in [3.63, 3.8) is 0 Å². The third kappa shape index (κ3) is 3.12. The first-order valence-electron chi connectivity index (χ1n) is 7.33. The van der Waals surface area contributed by atoms with Crippen LogP contribution >= 0.6 is 11.3 Å². The molecule has 6 heteroatoms. The molecule has 2 aromatic rings. The van der Waals surface area contributed by atoms with Gasteiger partial charge in [0.05, 0.1) is 10.8 Å². The van der Waals surface area contributed by atoms with E-state index in [0.717, 1.165) is 10.4 Å². The molecule has 1 N–H and O–H groups in total. The monoisotopic (exact) mass is 333 g/mol. The second kappa shape index (κ2) is 6.12. The van der Waals surface area contributed by atoms with Crippen LogP contribution in [0.5, 0.6) is 0 Å². The van der Waals surface area contributed by atoms with Crippen LogP contribution in [0.4, 0.5) is 4.39 Å². The first kappa shape index (κ1) is 15.7. The second-order valence-electron chi connectivity index (χ2n) is 5.80. The Bertz CT molecular complexity index is 741. The third-order valence-electron chi connectivity index (χ3n) is 4.16. The second-order valence-corrected chi connectivity index (χ2v) is 6.89. The van der Waals surface area contributed by atoms with Crippen LogP contribution in [0.2, 0.25) is 0 Å². The van der Waals surface area contributed by atoms with Crippen molar-refractivity contribution in [2.24, 2.45) is 11.8 Å². The highest BCUT2D eigenvalue weighted by Crippen LogP contribution is 2.31. The number of thiophene rings is 1. The number of carbonyl (C=O) groups is 2. The summed E-state index contributed by atoms with van der Waals surface area (Å²) >= 11 is 1.34. The summed E-state index contributed by atoms with van der Waals surface area (Å²) in [6.45, 7) is 2.56. The van der Waals surface area contributed by atoms with E-state index in [4.69, 9.17) is 5.11 Å². The first-order valence-corrected chi connectivity index (χ1v) is 8.15. The van der Waals surface area contributed by atoms with Gasteiger partial charge in [0.2, 0.25) is 0 Å². The zero-order chi connectivity index (χ0) is 16.6. The van der Waals surface area contributed by atoms with Crippen molar-refractivity contribution in [2.45, 2.75) is 6.92 Å². The van der Waals surface area contributed by atoms with Gasteiger partial charge in [-0.2, -0.15) is 0 Å². The lowest BCUT2D eigenvalue weighted by molar-refractivity contribution is -0.142. The van der Waals surface area contributed by atoms with Gasteiger partial charge in [0.25, 0.3) is 5.91 Å². The number of rotatable bonds is 3. The smallest absolute Gasteiger partial charge is 0.308 e. The summed E-state index contributed by atoms with van der Waals surface area (Å²) in [7, 11) is 0. The Hall–Kier alpha value is -2.21. The number of amides is 1. The van der Waals surface area contributed by atoms with Crippen molar-refractivity contribution in [3.8, 4) is 10.4 Å². The third-order valence-corrected chi connectivity index (χ3v) is 5.28. The minimum Gasteiger partial charge on any atom is -0.481 e. The zero-order valence-electron chi connectivity index (χ0n) is 12.5. The predicted octanol–water partition coefficient (Wildman–Crippen LogP) is 3.35. The lowest BCUT2D eigenvalue weighted by Crippen LogP contribution is -2.29. The minimum absolute atomic E-state index is 0.0482. The van der Waals surface area contributed by atoms with Gasteiger partial charge in [-0.15, -0.1) is 11.3 Å². The van der Waals surface area contributed by atoms with Gasteiger partial charge in [0.1, 0.15) is 5.82 Å². The Morgan fingerprint density at radius 3 is 2.48 bits per heavy atom. The molecule has 2 atom stereocenters. The molecule has 1 aliphatic rings. The van der Waals surface area contributed by atoms with Crippen LogP contribution in [-0.2, 0) is 4.79 Å². The van der Waals surface area contributed by atoms with Gasteiger partial charge in [0, 0.05) is 18.0 Å². The molecule has 0 bridgehead atoms. The number of carboxylic acids is 1. The predicted molar refractivity (Wildman–Crippen MR) is 85.9 cm³/mol. The van der Waals surface area contributed by atoms with E-state index in [1.54, 1.807) is 23.1 Å². The van der Waals surface area contributed by atoms with Gasteiger partial charge in [-0.25, -0.2) is 4.39 Å². The molecule has 2 heterocycles. The van der Waals surface area contributed by atoms with Gasteiger partial charge in [0.15, 0.2) is 0 Å². The fraction of sp³-hybridized carbons (Fsp3) is 0.294. The summed E-state index contributed by atoms with van der Waals surface area (Å²) in [4.78, 5) is 26.8. The topological polar surface area (TPSA) is 57.6 Å². The molecule has 3 rings (SSSR count). The van der Waals surface area contributed by atoms with Gasteiger partial charge in [-0.3, -0.25) is 9.59 Å². The highest BCUT2D eigenvalue weighted by molar-refractivity contribution is 7.17. The maximum absolute atomic E-state index is 13.0. The van der Waals surface area contributed by atoms with E-state index in [-0.39, 0.29) is 24.2 Å². The summed E-state index contributed by atoms with van der Waals surface area (Å²) in [5.74, 6) is -1.85. The van der Waals surface area contributed by atoms with Gasteiger partial charge >= 0.3 is 5.97 Å². The molecule has 1 aromatic carbocycles. The number of aliphatic carboxylic acids is 1. The average Bonchev–Trinajstić information content (AvgIpc) is 3.14. The van der Waals surface area contributed by atoms with E-state index in [0.29, 0.717) is 11.4 Å². The van der Waals surface area contributed by atoms with Crippen molar-refractivity contribution in [2.75, 3.05) is 13.1 Å². The Labute approximate surface area is 137 Å². The molecule has 1 amide bonds. The molecule has 1 saturated heterocycles. The molecular formula is C17H16FNO3S. The maximum Gasteiger partial charge on any atom is 0.308 e. The highest BCUT2D eigenvalue weighted by Gasteiger charge is 2.37. The molecular weight excluding hydrogens is 317 g/mol. The standard InChI is InChI=1S/C17H16FNO3S/c1-10-8-19(9-13(10)17(21)22)16(20)15-7-6-14(23-15)11-2-4-12(18)5-3-11/h2-7,10,13H,8-9H2,1H3,(H,21,22)/t10-,13-/m1/s1. The van der Waals surface area contributed by atoms with Gasteiger partial charge in [-0.1, -0.05) is 19.1 Å². The minimum atomic E-state index is -0.856. The van der Waals surface area contributed by atoms with E-state index >= 15 is 0 Å². The number of halogens is 1. The van der Waals surface area contributed by atoms with Crippen LogP contribution in [0.15, 0.2) is 36.4 Å². The van der Waals surface area contributed by atoms with Crippen LogP contribution in [0.25, 0.3) is 10.4 Å². The summed E-state index contributed by atoms with van der Waals surface area (Å²) in [6.07, 6.45) is 0. The number of likely N-dealkylation sites (tertiary alicyclic amines) is 1. The summed E-state index contributed by atoms with van der Waals surface area (Å²) in [5, 5.41) is 9.16. The fourth-order valence-corrected chi connectivity index (χ4v) is 3.81. The normalized spacial score (nSPS) is 20.7. The van der Waals surface area contributed by atoms with E-state index in [1.165, 1.54) is 23.5 Å². The molecule has 23 heavy (non-hydrogen) atoms. The number of carbonyl (C=O) groups excluding carboxylic acids is 1. The van der Waals surface area contributed by atoms with Crippen LogP contribution < -0.4 is 0 Å². The van der Waals surface area contributed by atoms with E-state index in [2.05, 4.69) is 0 Å². The molecule has 0 radical (unpaired) electrons. The zero-order valence-corrected chi connectivity index (χ0v) is 13.3. The number of hydrogen-bond acceptors (Lipinski definition) is 3. The van der Waals surface area contributed by atoms with Crippen molar-refractivity contribution in [1.29, 1.82) is 0 Å². The van der Waals surface area contributed by atoms with Crippen LogP contribution in [0, 0.1) is 17.7 Å². The molecule has 0 spiro atoms. The summed E-state index contributed by atoms with van der Waals surface area (Å²) < 4.78 is 13.0. The van der Waals surface area contributed by atoms with Crippen molar-refractivity contribution in [1.82, 2.24) is 4.90 Å². The van der Waals surface area contributed by atoms with Crippen LogP contribution in [-0.4, -0.2) is 35.0 Å². The van der Waals surface area contributed by atoms with Crippen molar-refractivity contribution >= 4 is 23.2 Å². The fourth-order valence-electron chi connectivity index (χ4n) is 2.83. The molecule has 1 aromatic heterocycles. The van der Waals surface area contributed by atoms with Crippen molar-refractivity contribution < 1.29 is 19.1 Å². The number of benzene rings is 1. The highest BCUT2D eigenvalue weighted by atomic mass is 32.1. The van der Waals surface area contributed by atoms with Crippen LogP contribution in [0.1, 0.15) is 16.6 Å². The van der Waals surface area contributed by atoms with E-state index < -0.39 is 11.9 Å². The Kier molecular flexibility index (Phi) is 4.17. The van der Waals surface area contributed by atoms with Crippen molar-refractivity contribution in [3.05, 3.63) is 47.1 Å². The Morgan fingerprint density at radius 2 is 1.87 bits per heavy atom. The number of carboxylic acid groups (broad SMARTS) is 1. The summed E-state index contributed by atoms with van der Waals surface area (Å²) in [6, 6.07) is 9.69. The maximum atomic E-state index is 13.0. The molecule has 120 valence electrons. The lowest BCUT2D eigenvalue weighted by atomic mass is 9.99. The summed E-state index contributed by atoms with van der Waals surface area (Å²) in [5.41, 5.74) is 0.855. The first-order chi connectivity index (χ1) is 11.0. The molecule has 4 nitrogen and oxygen atoms in total. The Morgan fingerprint density at radius 1 is 1.17 bits per heavy atom. The Balaban J connectivity index is 1.77. The molecule has 0 aliphatic carbocycles. The van der Waals surface area contributed by atoms with E-state index in [1.807, 2.05) is 13.0 Å². The quantitative estimate of drug-likeness (QED) is 0.937. The molecule has 0 saturated carbocycles. The average molecular weight is 333 g/mol. The number of nitrogens with zero attached hydrogens (tertiary/aromatic N) is 1. The van der Waals surface area contributed by atoms with Gasteiger partial charge in [-0.05, 0) is 35.7 Å². The molecule has 1 fully saturated rings. The van der Waals surface area contributed by atoms with E-state index in [9.17, 15) is 14.0 Å². The largest absolute Gasteiger partial charge is 0.481 e. The van der Waals surface area contributed by atoms with Crippen LogP contribution in [0.3, 0.4) is 0 Å². The molecule has 0 unspecified atom stereocenters. The van der Waals surface area contributed by atoms with Gasteiger partial charge < -0.3 is 10.0 Å². The SMILES string of the molecule is C[C@@H]1CN(C(=O)c2ccc(-c3ccc(F)cc3)s2)C[C@H]1C(=O)O. The lowest BCUT2D eigenvalue weighted by Gasteiger charge is -2.14. The molecule has 1 aliphatic heterocycles.